The van der Waals surface area contributed by atoms with Crippen molar-refractivity contribution in [2.75, 3.05) is 24.3 Å². The highest BCUT2D eigenvalue weighted by atomic mass is 32.2. The smallest absolute Gasteiger partial charge is 0.155 e. The summed E-state index contributed by atoms with van der Waals surface area (Å²) < 4.78 is 45.7. The molecule has 0 fully saturated rings. The quantitative estimate of drug-likeness (QED) is 0.690. The summed E-state index contributed by atoms with van der Waals surface area (Å²) in [6, 6.07) is -0.167. The zero-order chi connectivity index (χ0) is 13.7. The van der Waals surface area contributed by atoms with E-state index in [9.17, 15) is 16.8 Å². The number of hydrogen-bond donors (Lipinski definition) is 1. The van der Waals surface area contributed by atoms with Gasteiger partial charge >= 0.3 is 0 Å². The summed E-state index contributed by atoms with van der Waals surface area (Å²) in [4.78, 5) is 0. The summed E-state index contributed by atoms with van der Waals surface area (Å²) >= 11 is 0. The molecule has 5 nitrogen and oxygen atoms in total. The summed E-state index contributed by atoms with van der Waals surface area (Å²) in [7, 11) is -6.60. The highest BCUT2D eigenvalue weighted by Gasteiger charge is 2.26. The lowest BCUT2D eigenvalue weighted by Crippen LogP contribution is -2.42. The Morgan fingerprint density at radius 1 is 1.06 bits per heavy atom. The van der Waals surface area contributed by atoms with Crippen LogP contribution < -0.4 is 5.32 Å². The number of nitrogens with one attached hydrogen (secondary N) is 1. The molecule has 0 aromatic rings. The highest BCUT2D eigenvalue weighted by molar-refractivity contribution is 7.95. The van der Waals surface area contributed by atoms with Crippen LogP contribution in [0.15, 0.2) is 0 Å². The van der Waals surface area contributed by atoms with Crippen LogP contribution >= 0.6 is 0 Å². The van der Waals surface area contributed by atoms with Gasteiger partial charge in [-0.3, -0.25) is 0 Å². The maximum absolute atomic E-state index is 11.9. The fraction of sp³-hybridized carbons (Fsp3) is 1.00. The number of hydrogen-bond acceptors (Lipinski definition) is 5. The zero-order valence-electron chi connectivity index (χ0n) is 10.9. The predicted molar refractivity (Wildman–Crippen MR) is 70.7 cm³/mol. The molecule has 0 aliphatic carbocycles. The van der Waals surface area contributed by atoms with Crippen LogP contribution in [0, 0.1) is 0 Å². The Morgan fingerprint density at radius 2 is 1.59 bits per heavy atom. The summed E-state index contributed by atoms with van der Waals surface area (Å²) in [6.45, 7) is 6.18. The van der Waals surface area contributed by atoms with Gasteiger partial charge in [-0.15, -0.1) is 0 Å². The van der Waals surface area contributed by atoms with E-state index in [0.717, 1.165) is 19.2 Å². The lowest BCUT2D eigenvalue weighted by Gasteiger charge is -2.21. The van der Waals surface area contributed by atoms with Gasteiger partial charge in [0.25, 0.3) is 0 Å². The molecule has 0 aliphatic rings. The molecule has 0 aliphatic heterocycles. The Labute approximate surface area is 105 Å². The molecule has 0 aromatic carbocycles. The van der Waals surface area contributed by atoms with Crippen LogP contribution in [-0.4, -0.2) is 52.4 Å². The van der Waals surface area contributed by atoms with E-state index in [1.165, 1.54) is 0 Å². The second-order valence-electron chi connectivity index (χ2n) is 4.44. The largest absolute Gasteiger partial charge is 0.313 e. The van der Waals surface area contributed by atoms with Gasteiger partial charge in [-0.25, -0.2) is 16.8 Å². The topological polar surface area (TPSA) is 80.3 Å². The summed E-state index contributed by atoms with van der Waals surface area (Å²) in [6.07, 6.45) is 1.98. The van der Waals surface area contributed by atoms with E-state index in [1.54, 1.807) is 13.8 Å². The molecule has 7 heteroatoms. The van der Waals surface area contributed by atoms with Crippen molar-refractivity contribution in [2.45, 2.75) is 38.5 Å². The molecule has 2 unspecified atom stereocenters. The average Bonchev–Trinajstić information content (AvgIpc) is 2.21. The minimum Gasteiger partial charge on any atom is -0.313 e. The van der Waals surface area contributed by atoms with Crippen LogP contribution in [-0.2, 0) is 19.7 Å². The second-order valence-corrected chi connectivity index (χ2v) is 9.18. The molecule has 104 valence electrons. The first kappa shape index (κ1) is 16.9. The summed E-state index contributed by atoms with van der Waals surface area (Å²) in [5, 5.41) is 2.53. The van der Waals surface area contributed by atoms with Gasteiger partial charge in [0.2, 0.25) is 0 Å². The second kappa shape index (κ2) is 6.70. The van der Waals surface area contributed by atoms with Crippen molar-refractivity contribution >= 4 is 19.7 Å². The van der Waals surface area contributed by atoms with Crippen molar-refractivity contribution in [2.24, 2.45) is 0 Å². The van der Waals surface area contributed by atoms with Crippen molar-refractivity contribution in [3.05, 3.63) is 0 Å². The molecule has 0 aromatic heterocycles. The summed E-state index contributed by atoms with van der Waals surface area (Å²) in [5.74, 6) is -0.606. The van der Waals surface area contributed by atoms with E-state index < -0.39 is 24.9 Å². The molecular formula is C10H23NO4S2. The van der Waals surface area contributed by atoms with E-state index >= 15 is 0 Å². The molecule has 0 heterocycles. The van der Waals surface area contributed by atoms with Gasteiger partial charge in [0.05, 0.1) is 16.8 Å². The standard InChI is InChI=1S/C10H23NO4S2/c1-5-6-11-9(2)10(3)17(14,15)8-7-16(4,12)13/h9-11H,5-8H2,1-4H3. The lowest BCUT2D eigenvalue weighted by atomic mass is 10.2. The summed E-state index contributed by atoms with van der Waals surface area (Å²) in [5.41, 5.74) is 0. The van der Waals surface area contributed by atoms with Crippen molar-refractivity contribution in [1.29, 1.82) is 0 Å². The van der Waals surface area contributed by atoms with Crippen LogP contribution in [0.1, 0.15) is 27.2 Å². The van der Waals surface area contributed by atoms with Gasteiger partial charge in [0.1, 0.15) is 9.84 Å². The molecular weight excluding hydrogens is 262 g/mol. The molecule has 0 bridgehead atoms. The predicted octanol–water partition coefficient (Wildman–Crippen LogP) is 0.222. The molecule has 2 atom stereocenters. The molecule has 0 spiro atoms. The van der Waals surface area contributed by atoms with Crippen LogP contribution in [0.5, 0.6) is 0 Å². The number of rotatable bonds is 8. The van der Waals surface area contributed by atoms with E-state index in [0.29, 0.717) is 0 Å². The monoisotopic (exact) mass is 285 g/mol. The molecule has 0 rings (SSSR count). The van der Waals surface area contributed by atoms with Crippen molar-refractivity contribution in [3.63, 3.8) is 0 Å². The minimum atomic E-state index is -3.36. The molecule has 0 amide bonds. The third-order valence-corrected chi connectivity index (χ3v) is 6.24. The first-order valence-electron chi connectivity index (χ1n) is 5.73. The highest BCUT2D eigenvalue weighted by Crippen LogP contribution is 2.08. The third kappa shape index (κ3) is 7.00. The SMILES string of the molecule is CCCNC(C)C(C)S(=O)(=O)CCS(C)(=O)=O. The van der Waals surface area contributed by atoms with Gasteiger partial charge in [-0.2, -0.15) is 0 Å². The third-order valence-electron chi connectivity index (χ3n) is 2.73. The van der Waals surface area contributed by atoms with E-state index in [2.05, 4.69) is 5.32 Å². The van der Waals surface area contributed by atoms with Gasteiger partial charge in [-0.1, -0.05) is 6.92 Å². The van der Waals surface area contributed by atoms with Gasteiger partial charge < -0.3 is 5.32 Å². The minimum absolute atomic E-state index is 0.167. The van der Waals surface area contributed by atoms with Crippen LogP contribution in [0.4, 0.5) is 0 Å². The first-order valence-corrected chi connectivity index (χ1v) is 9.50. The van der Waals surface area contributed by atoms with E-state index in [1.807, 2.05) is 6.92 Å². The zero-order valence-corrected chi connectivity index (χ0v) is 12.6. The molecule has 0 radical (unpaired) electrons. The van der Waals surface area contributed by atoms with Gasteiger partial charge in [0, 0.05) is 12.3 Å². The van der Waals surface area contributed by atoms with E-state index in [4.69, 9.17) is 0 Å². The Hall–Kier alpha value is -0.140. The first-order chi connectivity index (χ1) is 7.60. The van der Waals surface area contributed by atoms with Crippen molar-refractivity contribution < 1.29 is 16.8 Å². The molecule has 1 N–H and O–H groups in total. The van der Waals surface area contributed by atoms with Crippen LogP contribution in [0.3, 0.4) is 0 Å². The van der Waals surface area contributed by atoms with Gasteiger partial charge in [0.15, 0.2) is 9.84 Å². The molecule has 17 heavy (non-hydrogen) atoms. The molecule has 0 saturated heterocycles. The van der Waals surface area contributed by atoms with Crippen molar-refractivity contribution in [3.8, 4) is 0 Å². The fourth-order valence-electron chi connectivity index (χ4n) is 1.30. The van der Waals surface area contributed by atoms with Crippen LogP contribution in [0.2, 0.25) is 0 Å². The van der Waals surface area contributed by atoms with E-state index in [-0.39, 0.29) is 17.5 Å². The lowest BCUT2D eigenvalue weighted by molar-refractivity contribution is 0.509. The Balaban J connectivity index is 4.49. The molecule has 0 saturated carbocycles. The number of sulfone groups is 2. The van der Waals surface area contributed by atoms with Gasteiger partial charge in [-0.05, 0) is 26.8 Å². The Bertz CT molecular complexity index is 414. The maximum Gasteiger partial charge on any atom is 0.155 e. The van der Waals surface area contributed by atoms with Crippen molar-refractivity contribution in [1.82, 2.24) is 5.32 Å². The normalized spacial score (nSPS) is 16.7. The Morgan fingerprint density at radius 3 is 2.00 bits per heavy atom. The average molecular weight is 285 g/mol. The maximum atomic E-state index is 11.9. The Kier molecular flexibility index (Phi) is 6.65. The van der Waals surface area contributed by atoms with Crippen LogP contribution in [0.25, 0.3) is 0 Å². The fourth-order valence-corrected chi connectivity index (χ4v) is 4.53.